The number of phenols is 2. The number of carboxylic acids is 2. The minimum Gasteiger partial charge on any atom is -0.533 e. The summed E-state index contributed by atoms with van der Waals surface area (Å²) in [5.74, 6) is -5.47. The van der Waals surface area contributed by atoms with Crippen LogP contribution in [-0.2, 0) is 56.8 Å². The topological polar surface area (TPSA) is 410 Å². The van der Waals surface area contributed by atoms with Crippen LogP contribution in [0.1, 0.15) is 28.7 Å². The fourth-order valence-corrected chi connectivity index (χ4v) is 8.24. The van der Waals surface area contributed by atoms with Gasteiger partial charge >= 0.3 is 23.0 Å². The van der Waals surface area contributed by atoms with Crippen LogP contribution in [0.15, 0.2) is 119 Å². The third kappa shape index (κ3) is 13.8. The number of nitro groups is 3. The first-order valence-electron chi connectivity index (χ1n) is 19.2. The molecule has 0 radical (unpaired) electrons. The Morgan fingerprint density at radius 3 is 1.66 bits per heavy atom. The molecule has 1 aliphatic carbocycles. The van der Waals surface area contributed by atoms with Crippen LogP contribution in [0.25, 0.3) is 9.44 Å². The number of rotatable bonds is 15. The van der Waals surface area contributed by atoms with E-state index < -0.39 is 111 Å². The summed E-state index contributed by atoms with van der Waals surface area (Å²) in [6.07, 6.45) is 2.38. The van der Waals surface area contributed by atoms with Crippen molar-refractivity contribution in [2.75, 3.05) is 0 Å². The first-order valence-corrected chi connectivity index (χ1v) is 22.1. The lowest BCUT2D eigenvalue weighted by Crippen LogP contribution is -2.32. The van der Waals surface area contributed by atoms with E-state index in [1.807, 2.05) is 0 Å². The predicted octanol–water partition coefficient (Wildman–Crippen LogP) is 4.03. The van der Waals surface area contributed by atoms with Crippen molar-refractivity contribution in [3.63, 3.8) is 0 Å². The maximum atomic E-state index is 12.4. The van der Waals surface area contributed by atoms with Gasteiger partial charge in [0.15, 0.2) is 17.1 Å². The van der Waals surface area contributed by atoms with Gasteiger partial charge in [0, 0.05) is 28.0 Å². The molecule has 0 aromatic heterocycles. The lowest BCUT2D eigenvalue weighted by Gasteiger charge is -2.28. The van der Waals surface area contributed by atoms with Gasteiger partial charge in [0.2, 0.25) is 0 Å². The lowest BCUT2D eigenvalue weighted by atomic mass is 9.91. The fourth-order valence-electron chi connectivity index (χ4n) is 6.04. The number of ketones is 1. The molecule has 1 heterocycles. The molecule has 1 unspecified atom stereocenters. The molecule has 6 N–H and O–H groups in total. The van der Waals surface area contributed by atoms with E-state index in [-0.39, 0.29) is 34.6 Å². The van der Waals surface area contributed by atoms with Gasteiger partial charge in [0.25, 0.3) is 17.7 Å². The summed E-state index contributed by atoms with van der Waals surface area (Å²) >= 11 is 0. The Balaban J connectivity index is 0.000000230. The molecule has 25 nitrogen and oxygen atoms in total. The number of allylic oxidation sites excluding steroid dienone is 1. The number of hydrogen-bond donors (Lipinski definition) is 5. The van der Waals surface area contributed by atoms with Gasteiger partial charge < -0.3 is 40.3 Å². The van der Waals surface area contributed by atoms with Crippen LogP contribution in [0.3, 0.4) is 0 Å². The van der Waals surface area contributed by atoms with E-state index in [0.717, 1.165) is 47.5 Å². The molecule has 4 aromatic rings. The molecule has 1 aliphatic heterocycles. The molecule has 0 saturated carbocycles. The third-order valence-electron chi connectivity index (χ3n) is 9.55. The van der Waals surface area contributed by atoms with E-state index in [1.165, 1.54) is 42.5 Å². The number of esters is 1. The quantitative estimate of drug-likeness (QED) is 0.0637. The van der Waals surface area contributed by atoms with Gasteiger partial charge in [-0.25, -0.2) is 16.8 Å². The summed E-state index contributed by atoms with van der Waals surface area (Å²) in [7, 11) is -8.33. The zero-order valence-electron chi connectivity index (χ0n) is 35.2. The number of carbonyl (C=O) groups excluding carboxylic acids is 2. The molecule has 4 atom stereocenters. The SMILES string of the molecule is Cc1ccc(S(=O)(=O)[N-]C(Cc2ccc(O)c([N+](=O)[O-])c2)C(=O)O)cc1.Cc1ccc(S(=O)(=O)[N-][C@H]2C[C@@]3(C=CC(=O)C([N+](=O)[O-])=C3)OC2=O)cc1.N[C@@H](Cc1ccc(O)c([N+](=O)[O-])c1)C(=O)O. The van der Waals surface area contributed by atoms with Gasteiger partial charge in [0.05, 0.1) is 14.8 Å². The molecule has 0 bridgehead atoms. The molecule has 27 heteroatoms. The number of nitro benzene ring substituents is 2. The van der Waals surface area contributed by atoms with Gasteiger partial charge in [-0.3, -0.25) is 49.5 Å². The van der Waals surface area contributed by atoms with E-state index in [0.29, 0.717) is 5.56 Å². The summed E-state index contributed by atoms with van der Waals surface area (Å²) in [6.45, 7) is 3.56. The first-order chi connectivity index (χ1) is 31.6. The number of carboxylic acid groups (broad SMARTS) is 2. The van der Waals surface area contributed by atoms with Crippen molar-refractivity contribution in [1.82, 2.24) is 0 Å². The second-order valence-electron chi connectivity index (χ2n) is 14.7. The highest BCUT2D eigenvalue weighted by Crippen LogP contribution is 2.38. The Kier molecular flexibility index (Phi) is 16.7. The van der Waals surface area contributed by atoms with Crippen LogP contribution in [0.4, 0.5) is 11.4 Å². The zero-order chi connectivity index (χ0) is 50.9. The Hall–Kier alpha value is -7.98. The van der Waals surface area contributed by atoms with E-state index in [4.69, 9.17) is 20.7 Å². The molecule has 1 spiro atoms. The molecule has 360 valence electrons. The average molecular weight is 983 g/mol. The average Bonchev–Trinajstić information content (AvgIpc) is 3.55. The number of benzene rings is 4. The normalized spacial score (nSPS) is 17.3. The summed E-state index contributed by atoms with van der Waals surface area (Å²) in [5, 5.41) is 68.7. The molecule has 0 amide bonds. The van der Waals surface area contributed by atoms with Crippen molar-refractivity contribution in [2.45, 2.75) is 66.6 Å². The van der Waals surface area contributed by atoms with Crippen LogP contribution in [-0.4, -0.2) is 99.4 Å². The van der Waals surface area contributed by atoms with Crippen molar-refractivity contribution >= 4 is 55.1 Å². The maximum absolute atomic E-state index is 12.4. The Bertz CT molecular complexity index is 2940. The number of sulfonamides is 2. The summed E-state index contributed by atoms with van der Waals surface area (Å²) < 4.78 is 61.5. The number of hydrogen-bond acceptors (Lipinski definition) is 18. The standard InChI is InChI=1S/C16H13N2O7S.C16H15N2O7S.C9H10N2O5/c1-10-2-4-11(5-3-10)26(23,24)17-12-8-16(25-15(12)20)7-6-14(19)13(9-16)18(21)22;1-10-2-5-12(6-3-10)26(24,25)17-13(16(20)21)8-11-4-7-15(19)14(9-11)18(22)23;10-6(9(13)14)3-5-1-2-8(12)7(4-5)11(15)16/h2-7,9,12H,8H2,1H3;2-7,9,13,19H,8H2,1H3,(H,20,21);1-2,4,6,12H,3,10H2,(H,13,14)/q2*-1;/t12-,16+;;6-/m0.0/s1. The molecule has 68 heavy (non-hydrogen) atoms. The number of aliphatic carboxylic acids is 2. The first kappa shape index (κ1) is 52.6. The summed E-state index contributed by atoms with van der Waals surface area (Å²) in [6, 6.07) is 14.5. The number of phenolic OH excluding ortho intramolecular Hbond substituents is 2. The van der Waals surface area contributed by atoms with Crippen LogP contribution >= 0.6 is 0 Å². The van der Waals surface area contributed by atoms with Crippen LogP contribution in [0.2, 0.25) is 0 Å². The highest BCUT2D eigenvalue weighted by Gasteiger charge is 2.45. The molecular formula is C41H38N6O19S2-2. The molecular weight excluding hydrogens is 945 g/mol. The largest absolute Gasteiger partial charge is 0.533 e. The van der Waals surface area contributed by atoms with Crippen molar-refractivity contribution in [2.24, 2.45) is 5.73 Å². The molecule has 4 aromatic carbocycles. The van der Waals surface area contributed by atoms with Crippen molar-refractivity contribution in [3.05, 3.63) is 171 Å². The number of ether oxygens (including phenoxy) is 1. The molecule has 6 rings (SSSR count). The molecule has 1 saturated heterocycles. The van der Waals surface area contributed by atoms with Gasteiger partial charge in [-0.15, -0.1) is 0 Å². The monoisotopic (exact) mass is 982 g/mol. The Morgan fingerprint density at radius 2 is 1.22 bits per heavy atom. The highest BCUT2D eigenvalue weighted by atomic mass is 32.2. The van der Waals surface area contributed by atoms with Crippen LogP contribution in [0, 0.1) is 44.2 Å². The predicted molar refractivity (Wildman–Crippen MR) is 234 cm³/mol. The number of aromatic hydroxyl groups is 2. The number of carbonyl (C=O) groups is 4. The van der Waals surface area contributed by atoms with Crippen molar-refractivity contribution in [1.29, 1.82) is 0 Å². The second-order valence-corrected chi connectivity index (χ2v) is 18.0. The van der Waals surface area contributed by atoms with Gasteiger partial charge in [-0.2, -0.15) is 0 Å². The lowest BCUT2D eigenvalue weighted by molar-refractivity contribution is -0.419. The number of aryl methyl sites for hydroxylation is 2. The summed E-state index contributed by atoms with van der Waals surface area (Å²) in [5.41, 5.74) is 4.16. The van der Waals surface area contributed by atoms with E-state index in [2.05, 4.69) is 9.44 Å². The highest BCUT2D eigenvalue weighted by molar-refractivity contribution is 7.94. The van der Waals surface area contributed by atoms with Gasteiger partial charge in [0.1, 0.15) is 26.1 Å². The van der Waals surface area contributed by atoms with Gasteiger partial charge in [-0.05, 0) is 105 Å². The van der Waals surface area contributed by atoms with Crippen LogP contribution < -0.4 is 5.73 Å². The van der Waals surface area contributed by atoms with E-state index >= 15 is 0 Å². The van der Waals surface area contributed by atoms with Crippen LogP contribution in [0.5, 0.6) is 11.5 Å². The zero-order valence-corrected chi connectivity index (χ0v) is 36.8. The number of nitrogens with two attached hydrogens (primary N) is 1. The smallest absolute Gasteiger partial charge is 0.320 e. The van der Waals surface area contributed by atoms with Gasteiger partial charge in [-0.1, -0.05) is 47.5 Å². The van der Waals surface area contributed by atoms with Crippen molar-refractivity contribution < 1.29 is 75.9 Å². The van der Waals surface area contributed by atoms with E-state index in [9.17, 15) is 76.6 Å². The fraction of sp³-hybridized carbons (Fsp3) is 0.220. The Morgan fingerprint density at radius 1 is 0.750 bits per heavy atom. The minimum absolute atomic E-state index is 0.0313. The second kappa shape index (κ2) is 21.5. The third-order valence-corrected chi connectivity index (χ3v) is 12.4. The molecule has 2 aliphatic rings. The minimum atomic E-state index is -4.22. The van der Waals surface area contributed by atoms with Crippen molar-refractivity contribution in [3.8, 4) is 11.5 Å². The Labute approximate surface area is 384 Å². The summed E-state index contributed by atoms with van der Waals surface area (Å²) in [4.78, 5) is 75.1. The van der Waals surface area contributed by atoms with E-state index in [1.54, 1.807) is 38.1 Å². The number of nitrogens with zero attached hydrogens (tertiary/aromatic N) is 5. The maximum Gasteiger partial charge on any atom is 0.320 e. The molecule has 1 fully saturated rings.